The van der Waals surface area contributed by atoms with Crippen molar-refractivity contribution in [3.8, 4) is 0 Å². The van der Waals surface area contributed by atoms with Crippen LogP contribution in [-0.4, -0.2) is 8.41 Å². The molecule has 0 aliphatic rings. The zero-order valence-electron chi connectivity index (χ0n) is 8.54. The Labute approximate surface area is 89.6 Å². The normalized spacial score (nSPS) is 6.47. The number of aromatic nitrogens is 1. The summed E-state index contributed by atoms with van der Waals surface area (Å²) in [6.07, 6.45) is 6.75. The van der Waals surface area contributed by atoms with Gasteiger partial charge in [-0.25, -0.2) is 4.57 Å². The fourth-order valence-corrected chi connectivity index (χ4v) is 0.924. The fraction of sp³-hybridized carbons (Fsp3) is 0.444. The standard InChI is InChI=1S/C9H14N.B.4FH/c1-2-3-7-10-8-5-4-6-9-10;;;;;/h4-6,8-9H,2-3,7H2,1H3;;4*1H/q+1;+3;;;;/p-4. The van der Waals surface area contributed by atoms with Crippen LogP contribution in [0.1, 0.15) is 19.8 Å². The Hall–Kier alpha value is -1.07. The summed E-state index contributed by atoms with van der Waals surface area (Å²) in [6, 6.07) is 6.17. The van der Waals surface area contributed by atoms with Crippen LogP contribution >= 0.6 is 0 Å². The Kier molecular flexibility index (Phi) is 36.3. The molecule has 0 atom stereocenters. The molecule has 15 heavy (non-hydrogen) atoms. The van der Waals surface area contributed by atoms with Crippen LogP contribution in [0.2, 0.25) is 0 Å². The van der Waals surface area contributed by atoms with E-state index in [9.17, 15) is 0 Å². The van der Waals surface area contributed by atoms with Gasteiger partial charge in [-0.15, -0.1) is 0 Å². The molecule has 0 amide bonds. The number of rotatable bonds is 3. The maximum atomic E-state index is 2.21. The number of hydrogen-bond donors (Lipinski definition) is 0. The Morgan fingerprint density at radius 2 is 1.33 bits per heavy atom. The van der Waals surface area contributed by atoms with Crippen molar-refractivity contribution in [1.82, 2.24) is 0 Å². The second kappa shape index (κ2) is 18.7. The summed E-state index contributed by atoms with van der Waals surface area (Å²) >= 11 is 0. The Bertz CT molecular complexity index is 187. The molecule has 0 N–H and O–H groups in total. The molecular weight excluding hydrogens is 209 g/mol. The van der Waals surface area contributed by atoms with Crippen molar-refractivity contribution in [3.63, 3.8) is 0 Å². The number of hydrogen-bond acceptors (Lipinski definition) is 0. The van der Waals surface area contributed by atoms with Gasteiger partial charge in [0.25, 0.3) is 0 Å². The van der Waals surface area contributed by atoms with E-state index in [-0.39, 0.29) is 27.2 Å². The second-order valence-corrected chi connectivity index (χ2v) is 2.47. The fourth-order valence-electron chi connectivity index (χ4n) is 0.924. The molecule has 0 aliphatic carbocycles. The van der Waals surface area contributed by atoms with Crippen molar-refractivity contribution in [1.29, 1.82) is 0 Å². The average Bonchev–Trinajstić information content (AvgIpc) is 2.03. The van der Waals surface area contributed by atoms with Gasteiger partial charge in [0.1, 0.15) is 6.54 Å². The quantitative estimate of drug-likeness (QED) is 0.272. The van der Waals surface area contributed by atoms with Gasteiger partial charge in [-0.2, -0.15) is 0 Å². The van der Waals surface area contributed by atoms with Gasteiger partial charge in [0.15, 0.2) is 12.4 Å². The van der Waals surface area contributed by atoms with Crippen molar-refractivity contribution in [2.75, 3.05) is 0 Å². The Morgan fingerprint density at radius 3 is 1.73 bits per heavy atom. The topological polar surface area (TPSA) is 3.88 Å². The molecule has 0 fully saturated rings. The van der Waals surface area contributed by atoms with Crippen LogP contribution in [0.15, 0.2) is 30.6 Å². The summed E-state index contributed by atoms with van der Waals surface area (Å²) in [7, 11) is 0. The minimum Gasteiger partial charge on any atom is -1.00 e. The van der Waals surface area contributed by atoms with Crippen LogP contribution < -0.4 is 23.4 Å². The van der Waals surface area contributed by atoms with E-state index in [1.165, 1.54) is 12.8 Å². The maximum Gasteiger partial charge on any atom is 3.00 e. The minimum absolute atomic E-state index is 0. The number of aryl methyl sites for hydroxylation is 1. The zero-order valence-corrected chi connectivity index (χ0v) is 8.54. The van der Waals surface area contributed by atoms with Gasteiger partial charge in [-0.1, -0.05) is 19.4 Å². The second-order valence-electron chi connectivity index (χ2n) is 2.47. The van der Waals surface area contributed by atoms with E-state index < -0.39 is 0 Å². The largest absolute Gasteiger partial charge is 3.00 e. The zero-order chi connectivity index (χ0) is 7.23. The molecule has 1 nitrogen and oxygen atoms in total. The van der Waals surface area contributed by atoms with Crippen LogP contribution in [0.25, 0.3) is 0 Å². The van der Waals surface area contributed by atoms with E-state index in [1.54, 1.807) is 0 Å². The summed E-state index contributed by atoms with van der Waals surface area (Å²) in [5, 5.41) is 0. The molecule has 0 radical (unpaired) electrons. The van der Waals surface area contributed by atoms with Crippen molar-refractivity contribution < 1.29 is 23.4 Å². The molecular formula is C9H14BF4N. The molecule has 1 aromatic heterocycles. The molecule has 0 spiro atoms. The third kappa shape index (κ3) is 12.9. The van der Waals surface area contributed by atoms with E-state index in [0.29, 0.717) is 0 Å². The van der Waals surface area contributed by atoms with Crippen molar-refractivity contribution in [2.45, 2.75) is 26.3 Å². The van der Waals surface area contributed by atoms with Gasteiger partial charge < -0.3 is 18.8 Å². The number of nitrogens with zero attached hydrogens (tertiary/aromatic N) is 1. The molecule has 0 saturated carbocycles. The molecule has 1 aromatic rings. The van der Waals surface area contributed by atoms with Crippen LogP contribution in [0.3, 0.4) is 0 Å². The van der Waals surface area contributed by atoms with E-state index in [0.717, 1.165) is 6.54 Å². The summed E-state index contributed by atoms with van der Waals surface area (Å²) in [5.74, 6) is 0. The van der Waals surface area contributed by atoms with E-state index in [1.807, 2.05) is 6.07 Å². The number of halogens is 4. The monoisotopic (exact) mass is 223 g/mol. The van der Waals surface area contributed by atoms with Crippen molar-refractivity contribution in [2.24, 2.45) is 0 Å². The SMILES string of the molecule is CCCC[n+]1ccccc1.[B+3].[F-].[F-].[F-].[F-]. The molecule has 1 rings (SSSR count). The summed E-state index contributed by atoms with van der Waals surface area (Å²) in [5.41, 5.74) is 0. The predicted molar refractivity (Wildman–Crippen MR) is 47.3 cm³/mol. The van der Waals surface area contributed by atoms with Gasteiger partial charge in [0.05, 0.1) is 0 Å². The summed E-state index contributed by atoms with van der Waals surface area (Å²) in [6.45, 7) is 3.36. The first-order valence-corrected chi connectivity index (χ1v) is 3.87. The maximum absolute atomic E-state index is 2.21. The molecule has 0 aromatic carbocycles. The summed E-state index contributed by atoms with van der Waals surface area (Å²) < 4.78 is 2.21. The Morgan fingerprint density at radius 1 is 0.867 bits per heavy atom. The number of unbranched alkanes of at least 4 members (excludes halogenated alkanes) is 1. The molecule has 86 valence electrons. The molecule has 0 unspecified atom stereocenters. The van der Waals surface area contributed by atoms with Crippen molar-refractivity contribution in [3.05, 3.63) is 30.6 Å². The van der Waals surface area contributed by atoms with Gasteiger partial charge in [-0.3, -0.25) is 0 Å². The van der Waals surface area contributed by atoms with Crippen LogP contribution in [-0.2, 0) is 6.54 Å². The van der Waals surface area contributed by atoms with Gasteiger partial charge in [-0.05, 0) is 0 Å². The van der Waals surface area contributed by atoms with E-state index in [4.69, 9.17) is 0 Å². The van der Waals surface area contributed by atoms with Gasteiger partial charge >= 0.3 is 8.41 Å². The predicted octanol–water partition coefficient (Wildman–Crippen LogP) is -10.6. The molecule has 6 heteroatoms. The van der Waals surface area contributed by atoms with E-state index >= 15 is 0 Å². The smallest absolute Gasteiger partial charge is 1.00 e. The first kappa shape index (κ1) is 29.2. The van der Waals surface area contributed by atoms with Crippen LogP contribution in [0, 0.1) is 0 Å². The minimum atomic E-state index is 0. The first-order valence-electron chi connectivity index (χ1n) is 3.87. The van der Waals surface area contributed by atoms with E-state index in [2.05, 4.69) is 36.0 Å². The Balaban J connectivity index is -0.0000000667. The third-order valence-electron chi connectivity index (χ3n) is 1.55. The summed E-state index contributed by atoms with van der Waals surface area (Å²) in [4.78, 5) is 0. The molecule has 0 saturated heterocycles. The third-order valence-corrected chi connectivity index (χ3v) is 1.55. The van der Waals surface area contributed by atoms with Gasteiger partial charge in [0, 0.05) is 18.6 Å². The molecule has 1 heterocycles. The average molecular weight is 223 g/mol. The van der Waals surface area contributed by atoms with Gasteiger partial charge in [0.2, 0.25) is 0 Å². The number of pyridine rings is 1. The first-order chi connectivity index (χ1) is 4.93. The van der Waals surface area contributed by atoms with Crippen LogP contribution in [0.5, 0.6) is 0 Å². The molecule has 0 aliphatic heterocycles. The van der Waals surface area contributed by atoms with Crippen LogP contribution in [0.4, 0.5) is 0 Å². The van der Waals surface area contributed by atoms with Crippen molar-refractivity contribution >= 4 is 8.41 Å². The molecule has 0 bridgehead atoms.